The van der Waals surface area contributed by atoms with Gasteiger partial charge in [0.15, 0.2) is 5.82 Å². The average molecular weight is 229 g/mol. The van der Waals surface area contributed by atoms with Crippen molar-refractivity contribution in [3.63, 3.8) is 0 Å². The van der Waals surface area contributed by atoms with E-state index in [1.807, 2.05) is 30.3 Å². The Morgan fingerprint density at radius 1 is 1.29 bits per heavy atom. The SMILES string of the molecule is CN(c1ccccc1)c1ncncc1C(=O)O. The molecule has 1 aromatic heterocycles. The number of carboxylic acid groups (broad SMARTS) is 1. The summed E-state index contributed by atoms with van der Waals surface area (Å²) in [7, 11) is 1.77. The Hall–Kier alpha value is -2.43. The van der Waals surface area contributed by atoms with Gasteiger partial charge >= 0.3 is 5.97 Å². The Morgan fingerprint density at radius 2 is 2.00 bits per heavy atom. The molecule has 0 aliphatic heterocycles. The Morgan fingerprint density at radius 3 is 2.65 bits per heavy atom. The van der Waals surface area contributed by atoms with Gasteiger partial charge in [0.25, 0.3) is 0 Å². The van der Waals surface area contributed by atoms with Crippen molar-refractivity contribution in [3.05, 3.63) is 48.4 Å². The molecule has 0 amide bonds. The molecule has 0 aliphatic carbocycles. The molecule has 0 atom stereocenters. The van der Waals surface area contributed by atoms with Gasteiger partial charge in [0.1, 0.15) is 11.9 Å². The van der Waals surface area contributed by atoms with Crippen LogP contribution in [-0.2, 0) is 0 Å². The highest BCUT2D eigenvalue weighted by molar-refractivity contribution is 5.93. The van der Waals surface area contributed by atoms with Gasteiger partial charge in [-0.05, 0) is 12.1 Å². The molecule has 0 spiro atoms. The van der Waals surface area contributed by atoms with E-state index >= 15 is 0 Å². The lowest BCUT2D eigenvalue weighted by Gasteiger charge is -2.19. The molecule has 5 nitrogen and oxygen atoms in total. The minimum atomic E-state index is -1.04. The predicted molar refractivity (Wildman–Crippen MR) is 63.5 cm³/mol. The Balaban J connectivity index is 2.44. The Labute approximate surface area is 98.4 Å². The molecule has 2 rings (SSSR count). The molecule has 86 valence electrons. The molecule has 0 fully saturated rings. The first kappa shape index (κ1) is 11.1. The Bertz CT molecular complexity index is 528. The van der Waals surface area contributed by atoms with Gasteiger partial charge in [-0.1, -0.05) is 18.2 Å². The summed E-state index contributed by atoms with van der Waals surface area (Å²) in [4.78, 5) is 20.5. The third-order valence-corrected chi connectivity index (χ3v) is 2.38. The second-order valence-electron chi connectivity index (χ2n) is 3.46. The predicted octanol–water partition coefficient (Wildman–Crippen LogP) is 1.94. The maximum absolute atomic E-state index is 11.1. The minimum Gasteiger partial charge on any atom is -0.477 e. The zero-order valence-electron chi connectivity index (χ0n) is 9.24. The highest BCUT2D eigenvalue weighted by atomic mass is 16.4. The quantitative estimate of drug-likeness (QED) is 0.871. The first-order chi connectivity index (χ1) is 8.20. The van der Waals surface area contributed by atoms with Crippen molar-refractivity contribution in [2.75, 3.05) is 11.9 Å². The van der Waals surface area contributed by atoms with E-state index in [-0.39, 0.29) is 5.56 Å². The van der Waals surface area contributed by atoms with Gasteiger partial charge in [-0.15, -0.1) is 0 Å². The maximum atomic E-state index is 11.1. The number of aromatic nitrogens is 2. The van der Waals surface area contributed by atoms with Gasteiger partial charge in [-0.3, -0.25) is 0 Å². The standard InChI is InChI=1S/C12H11N3O2/c1-15(9-5-3-2-4-6-9)11-10(12(16)17)7-13-8-14-11/h2-8H,1H3,(H,16,17). The summed E-state index contributed by atoms with van der Waals surface area (Å²) >= 11 is 0. The number of anilines is 2. The van der Waals surface area contributed by atoms with E-state index < -0.39 is 5.97 Å². The van der Waals surface area contributed by atoms with Crippen LogP contribution in [0.2, 0.25) is 0 Å². The van der Waals surface area contributed by atoms with Crippen LogP contribution in [0.5, 0.6) is 0 Å². The monoisotopic (exact) mass is 229 g/mol. The van der Waals surface area contributed by atoms with Crippen molar-refractivity contribution in [2.45, 2.75) is 0 Å². The lowest BCUT2D eigenvalue weighted by Crippen LogP contribution is -2.16. The summed E-state index contributed by atoms with van der Waals surface area (Å²) in [5, 5.41) is 9.05. The molecule has 17 heavy (non-hydrogen) atoms. The van der Waals surface area contributed by atoms with Gasteiger partial charge in [-0.2, -0.15) is 0 Å². The number of para-hydroxylation sites is 1. The lowest BCUT2D eigenvalue weighted by molar-refractivity contribution is 0.0697. The minimum absolute atomic E-state index is 0.0823. The van der Waals surface area contributed by atoms with E-state index in [9.17, 15) is 4.79 Å². The maximum Gasteiger partial charge on any atom is 0.341 e. The molecule has 0 saturated carbocycles. The van der Waals surface area contributed by atoms with Crippen LogP contribution in [-0.4, -0.2) is 28.1 Å². The fourth-order valence-corrected chi connectivity index (χ4v) is 1.52. The van der Waals surface area contributed by atoms with Crippen molar-refractivity contribution < 1.29 is 9.90 Å². The van der Waals surface area contributed by atoms with E-state index in [1.165, 1.54) is 12.5 Å². The van der Waals surface area contributed by atoms with Crippen LogP contribution in [0.1, 0.15) is 10.4 Å². The third-order valence-electron chi connectivity index (χ3n) is 2.38. The molecule has 0 bridgehead atoms. The number of benzene rings is 1. The zero-order chi connectivity index (χ0) is 12.3. The van der Waals surface area contributed by atoms with E-state index in [0.29, 0.717) is 5.82 Å². The fourth-order valence-electron chi connectivity index (χ4n) is 1.52. The number of carboxylic acids is 1. The van der Waals surface area contributed by atoms with Crippen LogP contribution in [0.4, 0.5) is 11.5 Å². The van der Waals surface area contributed by atoms with Gasteiger partial charge < -0.3 is 10.0 Å². The summed E-state index contributed by atoms with van der Waals surface area (Å²) in [5.41, 5.74) is 0.951. The smallest absolute Gasteiger partial charge is 0.341 e. The van der Waals surface area contributed by atoms with Gasteiger partial charge in [0.05, 0.1) is 0 Å². The number of hydrogen-bond acceptors (Lipinski definition) is 4. The van der Waals surface area contributed by atoms with Crippen molar-refractivity contribution in [1.82, 2.24) is 9.97 Å². The molecule has 2 aromatic rings. The number of hydrogen-bond donors (Lipinski definition) is 1. The van der Waals surface area contributed by atoms with E-state index in [2.05, 4.69) is 9.97 Å². The molecule has 0 saturated heterocycles. The number of nitrogens with zero attached hydrogens (tertiary/aromatic N) is 3. The number of rotatable bonds is 3. The summed E-state index contributed by atoms with van der Waals surface area (Å²) in [6, 6.07) is 9.43. The van der Waals surface area contributed by atoms with E-state index in [1.54, 1.807) is 11.9 Å². The molecular weight excluding hydrogens is 218 g/mol. The number of carbonyl (C=O) groups is 1. The molecule has 5 heteroatoms. The van der Waals surface area contributed by atoms with Crippen molar-refractivity contribution in [2.24, 2.45) is 0 Å². The topological polar surface area (TPSA) is 66.3 Å². The molecular formula is C12H11N3O2. The van der Waals surface area contributed by atoms with Crippen molar-refractivity contribution in [1.29, 1.82) is 0 Å². The first-order valence-corrected chi connectivity index (χ1v) is 5.02. The molecule has 1 heterocycles. The van der Waals surface area contributed by atoms with Crippen LogP contribution in [0, 0.1) is 0 Å². The van der Waals surface area contributed by atoms with Gasteiger partial charge in [0, 0.05) is 18.9 Å². The third kappa shape index (κ3) is 2.23. The fraction of sp³-hybridized carbons (Fsp3) is 0.0833. The van der Waals surface area contributed by atoms with Crippen molar-refractivity contribution >= 4 is 17.5 Å². The second kappa shape index (κ2) is 4.61. The largest absolute Gasteiger partial charge is 0.477 e. The molecule has 1 N–H and O–H groups in total. The van der Waals surface area contributed by atoms with Crippen molar-refractivity contribution in [3.8, 4) is 0 Å². The van der Waals surface area contributed by atoms with Crippen LogP contribution in [0.25, 0.3) is 0 Å². The van der Waals surface area contributed by atoms with Crippen LogP contribution in [0.15, 0.2) is 42.9 Å². The molecule has 0 aliphatic rings. The molecule has 1 aromatic carbocycles. The van der Waals surface area contributed by atoms with E-state index in [0.717, 1.165) is 5.69 Å². The van der Waals surface area contributed by atoms with Gasteiger partial charge in [0.2, 0.25) is 0 Å². The van der Waals surface area contributed by atoms with Crippen LogP contribution in [0.3, 0.4) is 0 Å². The van der Waals surface area contributed by atoms with Gasteiger partial charge in [-0.25, -0.2) is 14.8 Å². The molecule has 0 unspecified atom stereocenters. The summed E-state index contributed by atoms with van der Waals surface area (Å²) in [6.07, 6.45) is 2.63. The van der Waals surface area contributed by atoms with Crippen LogP contribution < -0.4 is 4.90 Å². The normalized spacial score (nSPS) is 9.94. The summed E-state index contributed by atoms with van der Waals surface area (Å²) < 4.78 is 0. The zero-order valence-corrected chi connectivity index (χ0v) is 9.24. The van der Waals surface area contributed by atoms with E-state index in [4.69, 9.17) is 5.11 Å². The van der Waals surface area contributed by atoms with Crippen LogP contribution >= 0.6 is 0 Å². The summed E-state index contributed by atoms with van der Waals surface area (Å²) in [5.74, 6) is -0.665. The number of aromatic carboxylic acids is 1. The Kier molecular flexibility index (Phi) is 3.00. The lowest BCUT2D eigenvalue weighted by atomic mass is 10.2. The molecule has 0 radical (unpaired) electrons. The average Bonchev–Trinajstić information content (AvgIpc) is 2.39. The summed E-state index contributed by atoms with van der Waals surface area (Å²) in [6.45, 7) is 0. The second-order valence-corrected chi connectivity index (χ2v) is 3.46. The highest BCUT2D eigenvalue weighted by Gasteiger charge is 2.15. The highest BCUT2D eigenvalue weighted by Crippen LogP contribution is 2.23. The first-order valence-electron chi connectivity index (χ1n) is 5.02.